The highest BCUT2D eigenvalue weighted by Gasteiger charge is 2.26. The van der Waals surface area contributed by atoms with Crippen molar-refractivity contribution in [1.82, 2.24) is 9.88 Å². The number of hydrogen-bond acceptors (Lipinski definition) is 2. The van der Waals surface area contributed by atoms with Crippen LogP contribution in [0.3, 0.4) is 0 Å². The largest absolute Gasteiger partial charge is 0.291 e. The van der Waals surface area contributed by atoms with Gasteiger partial charge in [0.1, 0.15) is 0 Å². The molecular weight excluding hydrogens is 220 g/mol. The van der Waals surface area contributed by atoms with E-state index >= 15 is 0 Å². The Kier molecular flexibility index (Phi) is 3.37. The topological polar surface area (TPSA) is 16.1 Å². The normalized spacial score (nSPS) is 20.1. The lowest BCUT2D eigenvalue weighted by atomic mass is 10.1. The summed E-state index contributed by atoms with van der Waals surface area (Å²) in [6, 6.07) is 17.4. The molecule has 0 radical (unpaired) electrons. The fraction of sp³-hybridized carbons (Fsp3) is 0.312. The molecule has 1 aromatic heterocycles. The Morgan fingerprint density at radius 1 is 1.06 bits per heavy atom. The number of hydrogen-bond donors (Lipinski definition) is 0. The average molecular weight is 238 g/mol. The Bertz CT molecular complexity index is 481. The van der Waals surface area contributed by atoms with E-state index in [0.29, 0.717) is 6.04 Å². The van der Waals surface area contributed by atoms with Gasteiger partial charge in [0.05, 0.1) is 11.7 Å². The predicted octanol–water partition coefficient (Wildman–Crippen LogP) is 3.42. The summed E-state index contributed by atoms with van der Waals surface area (Å²) < 4.78 is 0. The molecule has 2 nitrogen and oxygen atoms in total. The third kappa shape index (κ3) is 2.44. The van der Waals surface area contributed by atoms with E-state index in [-0.39, 0.29) is 0 Å². The predicted molar refractivity (Wildman–Crippen MR) is 73.1 cm³/mol. The molecule has 0 amide bonds. The van der Waals surface area contributed by atoms with Gasteiger partial charge >= 0.3 is 0 Å². The third-order valence-corrected chi connectivity index (χ3v) is 3.62. The van der Waals surface area contributed by atoms with Crippen molar-refractivity contribution in [3.63, 3.8) is 0 Å². The van der Waals surface area contributed by atoms with Crippen LogP contribution in [-0.2, 0) is 6.54 Å². The molecule has 3 rings (SSSR count). The maximum atomic E-state index is 4.51. The molecule has 1 aliphatic heterocycles. The quantitative estimate of drug-likeness (QED) is 0.814. The monoisotopic (exact) mass is 238 g/mol. The van der Waals surface area contributed by atoms with E-state index < -0.39 is 0 Å². The van der Waals surface area contributed by atoms with Crippen LogP contribution in [0.1, 0.15) is 30.1 Å². The molecule has 0 N–H and O–H groups in total. The van der Waals surface area contributed by atoms with Crippen LogP contribution in [0.5, 0.6) is 0 Å². The van der Waals surface area contributed by atoms with E-state index in [2.05, 4.69) is 52.3 Å². The lowest BCUT2D eigenvalue weighted by molar-refractivity contribution is 0.244. The van der Waals surface area contributed by atoms with Gasteiger partial charge in [-0.2, -0.15) is 0 Å². The zero-order chi connectivity index (χ0) is 12.2. The SMILES string of the molecule is c1ccc(CN2CCC[C@H]2c2ccccn2)cc1. The zero-order valence-electron chi connectivity index (χ0n) is 10.5. The number of likely N-dealkylation sites (tertiary alicyclic amines) is 1. The van der Waals surface area contributed by atoms with E-state index in [9.17, 15) is 0 Å². The summed E-state index contributed by atoms with van der Waals surface area (Å²) >= 11 is 0. The van der Waals surface area contributed by atoms with Crippen LogP contribution >= 0.6 is 0 Å². The van der Waals surface area contributed by atoms with Crippen LogP contribution < -0.4 is 0 Å². The fourth-order valence-electron chi connectivity index (χ4n) is 2.74. The van der Waals surface area contributed by atoms with Crippen molar-refractivity contribution >= 4 is 0 Å². The minimum Gasteiger partial charge on any atom is -0.291 e. The van der Waals surface area contributed by atoms with Crippen molar-refractivity contribution in [3.8, 4) is 0 Å². The van der Waals surface area contributed by atoms with E-state index in [4.69, 9.17) is 0 Å². The van der Waals surface area contributed by atoms with Gasteiger partial charge in [0.15, 0.2) is 0 Å². The second-order valence-electron chi connectivity index (χ2n) is 4.87. The molecule has 0 aliphatic carbocycles. The molecule has 1 aromatic carbocycles. The molecule has 1 saturated heterocycles. The fourth-order valence-corrected chi connectivity index (χ4v) is 2.74. The Balaban J connectivity index is 1.76. The summed E-state index contributed by atoms with van der Waals surface area (Å²) in [7, 11) is 0. The van der Waals surface area contributed by atoms with Crippen molar-refractivity contribution in [1.29, 1.82) is 0 Å². The summed E-state index contributed by atoms with van der Waals surface area (Å²) in [5.41, 5.74) is 2.60. The first-order valence-corrected chi connectivity index (χ1v) is 6.62. The molecule has 18 heavy (non-hydrogen) atoms. The second kappa shape index (κ2) is 5.32. The van der Waals surface area contributed by atoms with Gasteiger partial charge < -0.3 is 0 Å². The van der Waals surface area contributed by atoms with Crippen molar-refractivity contribution in [3.05, 3.63) is 66.0 Å². The lowest BCUT2D eigenvalue weighted by Gasteiger charge is -2.24. The number of rotatable bonds is 3. The molecule has 0 saturated carbocycles. The summed E-state index contributed by atoms with van der Waals surface area (Å²) in [6.45, 7) is 2.21. The molecule has 1 fully saturated rings. The smallest absolute Gasteiger partial charge is 0.0575 e. The van der Waals surface area contributed by atoms with Crippen LogP contribution in [0.25, 0.3) is 0 Å². The number of nitrogens with zero attached hydrogens (tertiary/aromatic N) is 2. The molecule has 0 unspecified atom stereocenters. The Hall–Kier alpha value is -1.67. The van der Waals surface area contributed by atoms with E-state index in [0.717, 1.165) is 6.54 Å². The first kappa shape index (κ1) is 11.4. The van der Waals surface area contributed by atoms with Gasteiger partial charge in [-0.3, -0.25) is 9.88 Å². The summed E-state index contributed by atoms with van der Waals surface area (Å²) in [5.74, 6) is 0. The molecular formula is C16H18N2. The highest BCUT2D eigenvalue weighted by atomic mass is 15.2. The highest BCUT2D eigenvalue weighted by molar-refractivity contribution is 5.16. The molecule has 0 spiro atoms. The minimum absolute atomic E-state index is 0.492. The average Bonchev–Trinajstić information content (AvgIpc) is 2.89. The maximum Gasteiger partial charge on any atom is 0.0575 e. The van der Waals surface area contributed by atoms with Crippen LogP contribution in [-0.4, -0.2) is 16.4 Å². The highest BCUT2D eigenvalue weighted by Crippen LogP contribution is 2.31. The summed E-state index contributed by atoms with van der Waals surface area (Å²) in [5, 5.41) is 0. The lowest BCUT2D eigenvalue weighted by Crippen LogP contribution is -2.23. The summed E-state index contributed by atoms with van der Waals surface area (Å²) in [6.07, 6.45) is 4.40. The Labute approximate surface area is 108 Å². The zero-order valence-corrected chi connectivity index (χ0v) is 10.5. The number of pyridine rings is 1. The first-order valence-electron chi connectivity index (χ1n) is 6.62. The molecule has 0 bridgehead atoms. The van der Waals surface area contributed by atoms with Crippen molar-refractivity contribution in [2.24, 2.45) is 0 Å². The molecule has 1 aliphatic rings. The van der Waals surface area contributed by atoms with E-state index in [1.165, 1.54) is 30.6 Å². The van der Waals surface area contributed by atoms with E-state index in [1.54, 1.807) is 0 Å². The van der Waals surface area contributed by atoms with Gasteiger partial charge in [-0.05, 0) is 37.1 Å². The summed E-state index contributed by atoms with van der Waals surface area (Å²) in [4.78, 5) is 7.05. The van der Waals surface area contributed by atoms with Crippen molar-refractivity contribution in [2.45, 2.75) is 25.4 Å². The first-order chi connectivity index (χ1) is 8.93. The van der Waals surface area contributed by atoms with Gasteiger partial charge in [-0.15, -0.1) is 0 Å². The van der Waals surface area contributed by atoms with Gasteiger partial charge in [-0.1, -0.05) is 36.4 Å². The van der Waals surface area contributed by atoms with Gasteiger partial charge in [0.25, 0.3) is 0 Å². The number of aromatic nitrogens is 1. The molecule has 2 aromatic rings. The third-order valence-electron chi connectivity index (χ3n) is 3.62. The van der Waals surface area contributed by atoms with Gasteiger partial charge in [0.2, 0.25) is 0 Å². The van der Waals surface area contributed by atoms with Crippen molar-refractivity contribution < 1.29 is 0 Å². The van der Waals surface area contributed by atoms with Crippen LogP contribution in [0, 0.1) is 0 Å². The van der Waals surface area contributed by atoms with E-state index in [1.807, 2.05) is 12.3 Å². The van der Waals surface area contributed by atoms with Gasteiger partial charge in [0, 0.05) is 12.7 Å². The van der Waals surface area contributed by atoms with Crippen molar-refractivity contribution in [2.75, 3.05) is 6.54 Å². The van der Waals surface area contributed by atoms with Crippen LogP contribution in [0.4, 0.5) is 0 Å². The maximum absolute atomic E-state index is 4.51. The standard InChI is InChI=1S/C16H18N2/c1-2-7-14(8-3-1)13-18-12-6-10-16(18)15-9-4-5-11-17-15/h1-5,7-9,11,16H,6,10,12-13H2/t16-/m0/s1. The van der Waals surface area contributed by atoms with Crippen LogP contribution in [0.2, 0.25) is 0 Å². The Morgan fingerprint density at radius 3 is 2.67 bits per heavy atom. The molecule has 1 atom stereocenters. The molecule has 2 heterocycles. The Morgan fingerprint density at radius 2 is 1.89 bits per heavy atom. The minimum atomic E-state index is 0.492. The molecule has 92 valence electrons. The molecule has 2 heteroatoms. The van der Waals surface area contributed by atoms with Crippen LogP contribution in [0.15, 0.2) is 54.7 Å². The second-order valence-corrected chi connectivity index (χ2v) is 4.87. The number of benzene rings is 1. The van der Waals surface area contributed by atoms with Gasteiger partial charge in [-0.25, -0.2) is 0 Å².